The van der Waals surface area contributed by atoms with Gasteiger partial charge in [0.1, 0.15) is 12.3 Å². The Labute approximate surface area is 132 Å². The quantitative estimate of drug-likeness (QED) is 0.452. The smallest absolute Gasteiger partial charge is 0.390 e. The van der Waals surface area contributed by atoms with E-state index in [1.54, 1.807) is 12.1 Å². The Morgan fingerprint density at radius 1 is 1.40 bits per heavy atom. The summed E-state index contributed by atoms with van der Waals surface area (Å²) in [7, 11) is 0. The molecule has 4 nitrogen and oxygen atoms in total. The fourth-order valence-corrected chi connectivity index (χ4v) is 1.46. The molecule has 114 valence electrons. The van der Waals surface area contributed by atoms with Crippen LogP contribution in [-0.4, -0.2) is 24.7 Å². The average Bonchev–Trinajstić information content (AvgIpc) is 2.98. The summed E-state index contributed by atoms with van der Waals surface area (Å²) < 4.78 is 41.3. The highest BCUT2D eigenvalue weighted by Gasteiger charge is 2.27. The van der Waals surface area contributed by atoms with Crippen molar-refractivity contribution in [1.29, 1.82) is 0 Å². The average molecular weight is 403 g/mol. The Balaban J connectivity index is 0.00000200. The van der Waals surface area contributed by atoms with Gasteiger partial charge in [-0.2, -0.15) is 13.2 Å². The van der Waals surface area contributed by atoms with E-state index in [2.05, 4.69) is 15.6 Å². The van der Waals surface area contributed by atoms with Crippen LogP contribution in [0.5, 0.6) is 0 Å². The molecule has 0 aliphatic heterocycles. The van der Waals surface area contributed by atoms with Crippen molar-refractivity contribution in [2.45, 2.75) is 38.0 Å². The first-order valence-electron chi connectivity index (χ1n) is 6.17. The van der Waals surface area contributed by atoms with E-state index in [1.165, 1.54) is 6.26 Å². The highest BCUT2D eigenvalue weighted by Crippen LogP contribution is 2.19. The standard InChI is InChI=1S/C12H16F3N3O.HI/c13-12(14,15)5-6-16-11(18-9-3-4-9)17-8-10-2-1-7-19-10;/h1-2,7,9H,3-6,8H2,(H2,16,17,18);1H. The molecule has 0 unspecified atom stereocenters. The summed E-state index contributed by atoms with van der Waals surface area (Å²) in [4.78, 5) is 4.20. The molecular weight excluding hydrogens is 386 g/mol. The lowest BCUT2D eigenvalue weighted by Crippen LogP contribution is -2.40. The molecule has 1 heterocycles. The van der Waals surface area contributed by atoms with E-state index in [9.17, 15) is 13.2 Å². The zero-order chi connectivity index (χ0) is 13.7. The van der Waals surface area contributed by atoms with Crippen molar-refractivity contribution in [2.75, 3.05) is 6.54 Å². The van der Waals surface area contributed by atoms with E-state index in [1.807, 2.05) is 0 Å². The molecular formula is C12H17F3IN3O. The number of aliphatic imine (C=N–C) groups is 1. The molecule has 1 saturated carbocycles. The van der Waals surface area contributed by atoms with Crippen LogP contribution < -0.4 is 10.6 Å². The molecule has 0 atom stereocenters. The van der Waals surface area contributed by atoms with Gasteiger partial charge in [-0.3, -0.25) is 0 Å². The largest absolute Gasteiger partial charge is 0.467 e. The van der Waals surface area contributed by atoms with Crippen molar-refractivity contribution in [3.8, 4) is 0 Å². The van der Waals surface area contributed by atoms with E-state index < -0.39 is 12.6 Å². The number of alkyl halides is 3. The van der Waals surface area contributed by atoms with E-state index >= 15 is 0 Å². The minimum Gasteiger partial charge on any atom is -0.467 e. The number of nitrogens with one attached hydrogen (secondary N) is 2. The molecule has 2 rings (SSSR count). The van der Waals surface area contributed by atoms with Crippen molar-refractivity contribution in [3.05, 3.63) is 24.2 Å². The maximum Gasteiger partial charge on any atom is 0.390 e. The molecule has 1 aromatic heterocycles. The van der Waals surface area contributed by atoms with Gasteiger partial charge in [-0.25, -0.2) is 4.99 Å². The van der Waals surface area contributed by atoms with Crippen LogP contribution in [0, 0.1) is 0 Å². The topological polar surface area (TPSA) is 49.6 Å². The zero-order valence-corrected chi connectivity index (χ0v) is 13.1. The number of halogens is 4. The van der Waals surface area contributed by atoms with Crippen molar-refractivity contribution >= 4 is 29.9 Å². The lowest BCUT2D eigenvalue weighted by atomic mass is 10.4. The summed E-state index contributed by atoms with van der Waals surface area (Å²) in [6, 6.07) is 3.85. The molecule has 0 amide bonds. The summed E-state index contributed by atoms with van der Waals surface area (Å²) >= 11 is 0. The van der Waals surface area contributed by atoms with Crippen LogP contribution in [-0.2, 0) is 6.54 Å². The van der Waals surface area contributed by atoms with Gasteiger partial charge < -0.3 is 15.1 Å². The molecule has 0 radical (unpaired) electrons. The van der Waals surface area contributed by atoms with Gasteiger partial charge in [0, 0.05) is 12.6 Å². The molecule has 8 heteroatoms. The van der Waals surface area contributed by atoms with Crippen molar-refractivity contribution in [3.63, 3.8) is 0 Å². The second kappa shape index (κ2) is 7.75. The molecule has 1 aliphatic rings. The third-order valence-corrected chi connectivity index (χ3v) is 2.59. The third-order valence-electron chi connectivity index (χ3n) is 2.59. The fraction of sp³-hybridized carbons (Fsp3) is 0.583. The van der Waals surface area contributed by atoms with Crippen LogP contribution in [0.3, 0.4) is 0 Å². The molecule has 1 aromatic rings. The number of furan rings is 1. The van der Waals surface area contributed by atoms with E-state index in [-0.39, 0.29) is 30.5 Å². The lowest BCUT2D eigenvalue weighted by molar-refractivity contribution is -0.132. The van der Waals surface area contributed by atoms with E-state index in [4.69, 9.17) is 4.42 Å². The summed E-state index contributed by atoms with van der Waals surface area (Å²) in [6.45, 7) is 0.126. The molecule has 0 aromatic carbocycles. The first-order chi connectivity index (χ1) is 9.03. The normalized spacial score (nSPS) is 15.7. The van der Waals surface area contributed by atoms with Crippen LogP contribution in [0.2, 0.25) is 0 Å². The van der Waals surface area contributed by atoms with Gasteiger partial charge >= 0.3 is 6.18 Å². The Bertz CT molecular complexity index is 416. The highest BCUT2D eigenvalue weighted by molar-refractivity contribution is 14.0. The van der Waals surface area contributed by atoms with Gasteiger partial charge in [0.25, 0.3) is 0 Å². The van der Waals surface area contributed by atoms with Crippen molar-refractivity contribution in [1.82, 2.24) is 10.6 Å². The van der Waals surface area contributed by atoms with Crippen molar-refractivity contribution < 1.29 is 17.6 Å². The number of guanidine groups is 1. The van der Waals surface area contributed by atoms with Crippen LogP contribution in [0.15, 0.2) is 27.8 Å². The molecule has 1 aliphatic carbocycles. The number of rotatable bonds is 5. The Morgan fingerprint density at radius 2 is 2.15 bits per heavy atom. The van der Waals surface area contributed by atoms with Crippen LogP contribution >= 0.6 is 24.0 Å². The minimum absolute atomic E-state index is 0. The molecule has 2 N–H and O–H groups in total. The first kappa shape index (κ1) is 17.1. The van der Waals surface area contributed by atoms with E-state index in [0.717, 1.165) is 12.8 Å². The van der Waals surface area contributed by atoms with Crippen LogP contribution in [0.25, 0.3) is 0 Å². The zero-order valence-electron chi connectivity index (χ0n) is 10.7. The van der Waals surface area contributed by atoms with Gasteiger partial charge in [-0.05, 0) is 25.0 Å². The Morgan fingerprint density at radius 3 is 2.70 bits per heavy atom. The molecule has 0 spiro atoms. The Hall–Kier alpha value is -0.930. The summed E-state index contributed by atoms with van der Waals surface area (Å²) in [5.74, 6) is 1.08. The number of hydrogen-bond donors (Lipinski definition) is 2. The summed E-state index contributed by atoms with van der Waals surface area (Å²) in [5.41, 5.74) is 0. The summed E-state index contributed by atoms with van der Waals surface area (Å²) in [6.07, 6.45) is -1.44. The fourth-order valence-electron chi connectivity index (χ4n) is 1.46. The summed E-state index contributed by atoms with van der Waals surface area (Å²) in [5, 5.41) is 5.76. The van der Waals surface area contributed by atoms with Gasteiger partial charge in [0.15, 0.2) is 5.96 Å². The maximum atomic E-state index is 12.1. The molecule has 0 saturated heterocycles. The predicted molar refractivity (Wildman–Crippen MR) is 80.1 cm³/mol. The van der Waals surface area contributed by atoms with Crippen LogP contribution in [0.1, 0.15) is 25.0 Å². The van der Waals surface area contributed by atoms with Crippen LogP contribution in [0.4, 0.5) is 13.2 Å². The molecule has 0 bridgehead atoms. The lowest BCUT2D eigenvalue weighted by Gasteiger charge is -2.12. The number of hydrogen-bond acceptors (Lipinski definition) is 2. The third kappa shape index (κ3) is 7.01. The SMILES string of the molecule is FC(F)(F)CCNC(=NCc1ccco1)NC1CC1.I. The maximum absolute atomic E-state index is 12.1. The van der Waals surface area contributed by atoms with Crippen molar-refractivity contribution in [2.24, 2.45) is 4.99 Å². The van der Waals surface area contributed by atoms with Gasteiger partial charge in [0.05, 0.1) is 12.7 Å². The minimum atomic E-state index is -4.15. The van der Waals surface area contributed by atoms with Gasteiger partial charge in [-0.1, -0.05) is 0 Å². The monoisotopic (exact) mass is 403 g/mol. The second-order valence-electron chi connectivity index (χ2n) is 4.45. The Kier molecular flexibility index (Phi) is 6.63. The highest BCUT2D eigenvalue weighted by atomic mass is 127. The molecule has 1 fully saturated rings. The molecule has 20 heavy (non-hydrogen) atoms. The number of nitrogens with zero attached hydrogens (tertiary/aromatic N) is 1. The second-order valence-corrected chi connectivity index (χ2v) is 4.45. The van der Waals surface area contributed by atoms with E-state index in [0.29, 0.717) is 24.3 Å². The predicted octanol–water partition coefficient (Wildman–Crippen LogP) is 3.05. The van der Waals surface area contributed by atoms with Gasteiger partial charge in [0.2, 0.25) is 0 Å². The first-order valence-corrected chi connectivity index (χ1v) is 6.17. The van der Waals surface area contributed by atoms with Gasteiger partial charge in [-0.15, -0.1) is 24.0 Å².